The first-order valence-electron chi connectivity index (χ1n) is 6.40. The van der Waals surface area contributed by atoms with Crippen molar-refractivity contribution in [3.63, 3.8) is 0 Å². The number of anilines is 1. The van der Waals surface area contributed by atoms with E-state index in [1.807, 2.05) is 4.90 Å². The second-order valence-electron chi connectivity index (χ2n) is 4.87. The number of rotatable bonds is 2. The van der Waals surface area contributed by atoms with Gasteiger partial charge in [-0.25, -0.2) is 23.2 Å². The molecule has 1 aliphatic heterocycles. The Bertz CT molecular complexity index is 805. The van der Waals surface area contributed by atoms with Gasteiger partial charge in [0.1, 0.15) is 12.1 Å². The Morgan fingerprint density at radius 2 is 1.90 bits per heavy atom. The Kier molecular flexibility index (Phi) is 3.25. The normalized spacial score (nSPS) is 17.8. The van der Waals surface area contributed by atoms with Gasteiger partial charge in [-0.15, -0.1) is 0 Å². The smallest absolute Gasteiger partial charge is 0.335 e. The number of aromatic carboxylic acids is 1. The fourth-order valence-electron chi connectivity index (χ4n) is 2.35. The zero-order valence-corrected chi connectivity index (χ0v) is 11.9. The predicted octanol–water partition coefficient (Wildman–Crippen LogP) is 0.563. The van der Waals surface area contributed by atoms with Crippen molar-refractivity contribution >= 4 is 32.5 Å². The molecule has 1 N–H and O–H groups in total. The van der Waals surface area contributed by atoms with E-state index >= 15 is 0 Å². The summed E-state index contributed by atoms with van der Waals surface area (Å²) in [6, 6.07) is 4.65. The van der Waals surface area contributed by atoms with Crippen LogP contribution in [0.2, 0.25) is 0 Å². The molecule has 0 amide bonds. The second-order valence-corrected chi connectivity index (χ2v) is 7.18. The summed E-state index contributed by atoms with van der Waals surface area (Å²) in [5.41, 5.74) is 0.696. The van der Waals surface area contributed by atoms with E-state index in [-0.39, 0.29) is 17.1 Å². The number of benzene rings is 1. The number of carbonyl (C=O) groups is 1. The number of aromatic nitrogens is 2. The van der Waals surface area contributed by atoms with Crippen LogP contribution in [0.4, 0.5) is 5.82 Å². The minimum atomic E-state index is -2.96. The average Bonchev–Trinajstić information content (AvgIpc) is 2.46. The second kappa shape index (κ2) is 4.96. The highest BCUT2D eigenvalue weighted by molar-refractivity contribution is 7.91. The Hall–Kier alpha value is -2.22. The number of carboxylic acid groups (broad SMARTS) is 1. The van der Waals surface area contributed by atoms with Crippen molar-refractivity contribution in [3.8, 4) is 0 Å². The third kappa shape index (κ3) is 2.66. The van der Waals surface area contributed by atoms with Gasteiger partial charge in [0.05, 0.1) is 22.6 Å². The lowest BCUT2D eigenvalue weighted by Gasteiger charge is -2.28. The molecule has 7 nitrogen and oxygen atoms in total. The first kappa shape index (κ1) is 13.7. The van der Waals surface area contributed by atoms with Gasteiger partial charge in [0.2, 0.25) is 0 Å². The number of hydrogen-bond donors (Lipinski definition) is 1. The van der Waals surface area contributed by atoms with E-state index in [1.54, 1.807) is 6.07 Å². The number of carboxylic acids is 1. The van der Waals surface area contributed by atoms with Crippen LogP contribution in [0.1, 0.15) is 10.4 Å². The molecule has 1 fully saturated rings. The quantitative estimate of drug-likeness (QED) is 0.865. The van der Waals surface area contributed by atoms with E-state index in [0.29, 0.717) is 24.4 Å². The van der Waals surface area contributed by atoms with Crippen molar-refractivity contribution < 1.29 is 18.3 Å². The minimum Gasteiger partial charge on any atom is -0.478 e. The topological polar surface area (TPSA) is 100 Å². The third-order valence-corrected chi connectivity index (χ3v) is 5.12. The maximum absolute atomic E-state index is 11.5. The first-order chi connectivity index (χ1) is 9.96. The van der Waals surface area contributed by atoms with E-state index in [2.05, 4.69) is 9.97 Å². The Morgan fingerprint density at radius 1 is 1.19 bits per heavy atom. The fraction of sp³-hybridized carbons (Fsp3) is 0.308. The lowest BCUT2D eigenvalue weighted by molar-refractivity contribution is 0.0697. The summed E-state index contributed by atoms with van der Waals surface area (Å²) < 4.78 is 23.0. The van der Waals surface area contributed by atoms with Gasteiger partial charge in [0, 0.05) is 18.5 Å². The molecule has 0 aliphatic carbocycles. The Labute approximate surface area is 121 Å². The van der Waals surface area contributed by atoms with Crippen molar-refractivity contribution in [1.29, 1.82) is 0 Å². The summed E-state index contributed by atoms with van der Waals surface area (Å²) in [7, 11) is -2.96. The number of hydrogen-bond acceptors (Lipinski definition) is 6. The lowest BCUT2D eigenvalue weighted by atomic mass is 10.1. The largest absolute Gasteiger partial charge is 0.478 e. The summed E-state index contributed by atoms with van der Waals surface area (Å²) >= 11 is 0. The maximum atomic E-state index is 11.5. The van der Waals surface area contributed by atoms with Crippen LogP contribution < -0.4 is 4.90 Å². The average molecular weight is 307 g/mol. The fourth-order valence-corrected chi connectivity index (χ4v) is 3.55. The standard InChI is InChI=1S/C13H13N3O4S/c17-13(18)9-1-2-10-11(7-9)14-8-15-12(10)16-3-5-21(19,20)6-4-16/h1-2,7-8H,3-6H2,(H,17,18). The van der Waals surface area contributed by atoms with Gasteiger partial charge in [-0.3, -0.25) is 0 Å². The highest BCUT2D eigenvalue weighted by Gasteiger charge is 2.23. The van der Waals surface area contributed by atoms with Gasteiger partial charge < -0.3 is 10.0 Å². The molecule has 1 aliphatic rings. The van der Waals surface area contributed by atoms with E-state index < -0.39 is 15.8 Å². The Balaban J connectivity index is 2.02. The summed E-state index contributed by atoms with van der Waals surface area (Å²) in [5, 5.41) is 9.72. The van der Waals surface area contributed by atoms with Crippen molar-refractivity contribution in [3.05, 3.63) is 30.1 Å². The van der Waals surface area contributed by atoms with Crippen LogP contribution in [-0.4, -0.2) is 54.1 Å². The molecule has 1 saturated heterocycles. The van der Waals surface area contributed by atoms with Gasteiger partial charge in [-0.2, -0.15) is 0 Å². The molecule has 0 spiro atoms. The number of fused-ring (bicyclic) bond motifs is 1. The highest BCUT2D eigenvalue weighted by Crippen LogP contribution is 2.25. The monoisotopic (exact) mass is 307 g/mol. The molecular weight excluding hydrogens is 294 g/mol. The first-order valence-corrected chi connectivity index (χ1v) is 8.22. The van der Waals surface area contributed by atoms with Crippen LogP contribution >= 0.6 is 0 Å². The molecule has 1 aromatic carbocycles. The van der Waals surface area contributed by atoms with Crippen molar-refractivity contribution in [1.82, 2.24) is 9.97 Å². The molecule has 0 bridgehead atoms. The molecule has 21 heavy (non-hydrogen) atoms. The summed E-state index contributed by atoms with van der Waals surface area (Å²) in [4.78, 5) is 21.2. The van der Waals surface area contributed by atoms with Gasteiger partial charge in [-0.1, -0.05) is 0 Å². The van der Waals surface area contributed by atoms with Crippen LogP contribution in [0.5, 0.6) is 0 Å². The SMILES string of the molecule is O=C(O)c1ccc2c(N3CCS(=O)(=O)CC3)ncnc2c1. The van der Waals surface area contributed by atoms with Crippen LogP contribution in [0.25, 0.3) is 10.9 Å². The summed E-state index contributed by atoms with van der Waals surface area (Å²) in [6.07, 6.45) is 1.37. The number of sulfone groups is 1. The predicted molar refractivity (Wildman–Crippen MR) is 77.4 cm³/mol. The zero-order valence-electron chi connectivity index (χ0n) is 11.1. The number of nitrogens with zero attached hydrogens (tertiary/aromatic N) is 3. The zero-order chi connectivity index (χ0) is 15.0. The molecule has 0 unspecified atom stereocenters. The molecule has 2 heterocycles. The van der Waals surface area contributed by atoms with Crippen molar-refractivity contribution in [2.24, 2.45) is 0 Å². The Morgan fingerprint density at radius 3 is 2.57 bits per heavy atom. The molecule has 0 radical (unpaired) electrons. The van der Waals surface area contributed by atoms with E-state index in [1.165, 1.54) is 18.5 Å². The van der Waals surface area contributed by atoms with E-state index in [0.717, 1.165) is 5.39 Å². The maximum Gasteiger partial charge on any atom is 0.335 e. The van der Waals surface area contributed by atoms with Gasteiger partial charge in [0.15, 0.2) is 9.84 Å². The third-order valence-electron chi connectivity index (χ3n) is 3.51. The van der Waals surface area contributed by atoms with Crippen LogP contribution in [0.3, 0.4) is 0 Å². The molecular formula is C13H13N3O4S. The van der Waals surface area contributed by atoms with Crippen molar-refractivity contribution in [2.75, 3.05) is 29.5 Å². The van der Waals surface area contributed by atoms with Crippen LogP contribution in [0, 0.1) is 0 Å². The lowest BCUT2D eigenvalue weighted by Crippen LogP contribution is -2.40. The van der Waals surface area contributed by atoms with Gasteiger partial charge >= 0.3 is 5.97 Å². The minimum absolute atomic E-state index is 0.103. The molecule has 0 atom stereocenters. The molecule has 0 saturated carbocycles. The molecule has 1 aromatic heterocycles. The van der Waals surface area contributed by atoms with Crippen LogP contribution in [-0.2, 0) is 9.84 Å². The molecule has 8 heteroatoms. The van der Waals surface area contributed by atoms with Crippen LogP contribution in [0.15, 0.2) is 24.5 Å². The molecule has 110 valence electrons. The summed E-state index contributed by atoms with van der Waals surface area (Å²) in [6.45, 7) is 0.768. The molecule has 3 rings (SSSR count). The van der Waals surface area contributed by atoms with Gasteiger partial charge in [-0.05, 0) is 18.2 Å². The van der Waals surface area contributed by atoms with Gasteiger partial charge in [0.25, 0.3) is 0 Å². The highest BCUT2D eigenvalue weighted by atomic mass is 32.2. The summed E-state index contributed by atoms with van der Waals surface area (Å²) in [5.74, 6) is -0.162. The van der Waals surface area contributed by atoms with E-state index in [9.17, 15) is 13.2 Å². The molecule has 2 aromatic rings. The van der Waals surface area contributed by atoms with E-state index in [4.69, 9.17) is 5.11 Å². The van der Waals surface area contributed by atoms with Crippen molar-refractivity contribution in [2.45, 2.75) is 0 Å².